The van der Waals surface area contributed by atoms with Gasteiger partial charge in [0.25, 0.3) is 15.6 Å². The number of aromatic amines is 1. The molecule has 0 fully saturated rings. The quantitative estimate of drug-likeness (QED) is 0.626. The Bertz CT molecular complexity index is 708. The van der Waals surface area contributed by atoms with Crippen LogP contribution in [0.5, 0.6) is 0 Å². The van der Waals surface area contributed by atoms with Crippen molar-refractivity contribution >= 4 is 10.0 Å². The van der Waals surface area contributed by atoms with Crippen LogP contribution >= 0.6 is 0 Å². The molecule has 0 radical (unpaired) electrons. The first-order valence-corrected chi connectivity index (χ1v) is 7.29. The molecule has 0 bridgehead atoms. The molecule has 1 atom stereocenters. The third kappa shape index (κ3) is 3.53. The maximum Gasteiger partial charge on any atom is 0.257 e. The molecule has 9 heteroatoms. The van der Waals surface area contributed by atoms with Crippen molar-refractivity contribution in [3.05, 3.63) is 47.3 Å². The van der Waals surface area contributed by atoms with E-state index in [9.17, 15) is 18.3 Å². The van der Waals surface area contributed by atoms with E-state index in [0.717, 1.165) is 6.20 Å². The van der Waals surface area contributed by atoms with E-state index in [4.69, 9.17) is 0 Å². The molecule has 1 unspecified atom stereocenters. The van der Waals surface area contributed by atoms with E-state index in [1.807, 2.05) is 0 Å². The predicted octanol–water partition coefficient (Wildman–Crippen LogP) is -1.09. The molecule has 0 aliphatic rings. The van der Waals surface area contributed by atoms with Gasteiger partial charge in [-0.2, -0.15) is 0 Å². The average molecular weight is 298 g/mol. The highest BCUT2D eigenvalue weighted by Gasteiger charge is 2.17. The minimum absolute atomic E-state index is 0.00513. The predicted molar refractivity (Wildman–Crippen MR) is 70.5 cm³/mol. The van der Waals surface area contributed by atoms with Crippen molar-refractivity contribution in [1.82, 2.24) is 19.3 Å². The van der Waals surface area contributed by atoms with E-state index in [2.05, 4.69) is 14.7 Å². The molecule has 2 aromatic rings. The Balaban J connectivity index is 1.95. The van der Waals surface area contributed by atoms with E-state index in [1.54, 1.807) is 12.1 Å². The normalized spacial score (nSPS) is 13.2. The minimum Gasteiger partial charge on any atom is -0.390 e. The monoisotopic (exact) mass is 298 g/mol. The van der Waals surface area contributed by atoms with Crippen molar-refractivity contribution in [3.8, 4) is 0 Å². The molecule has 0 spiro atoms. The van der Waals surface area contributed by atoms with Crippen molar-refractivity contribution in [2.45, 2.75) is 17.7 Å². The summed E-state index contributed by atoms with van der Waals surface area (Å²) in [5.74, 6) is 0. The minimum atomic E-state index is -3.73. The molecule has 0 saturated heterocycles. The van der Waals surface area contributed by atoms with Crippen LogP contribution in [0.2, 0.25) is 0 Å². The number of aromatic nitrogens is 3. The Morgan fingerprint density at radius 2 is 2.25 bits per heavy atom. The van der Waals surface area contributed by atoms with Gasteiger partial charge in [-0.25, -0.2) is 18.1 Å². The van der Waals surface area contributed by atoms with Crippen LogP contribution in [-0.2, 0) is 16.6 Å². The number of hydrogen-bond acceptors (Lipinski definition) is 5. The van der Waals surface area contributed by atoms with Crippen LogP contribution in [0.3, 0.4) is 0 Å². The number of aliphatic hydroxyl groups excluding tert-OH is 1. The van der Waals surface area contributed by atoms with Gasteiger partial charge in [0.1, 0.15) is 0 Å². The smallest absolute Gasteiger partial charge is 0.257 e. The zero-order valence-electron chi connectivity index (χ0n) is 10.4. The lowest BCUT2D eigenvalue weighted by Gasteiger charge is -2.13. The second kappa shape index (κ2) is 5.99. The second-order valence-corrected chi connectivity index (χ2v) is 5.85. The third-order valence-electron chi connectivity index (χ3n) is 2.58. The van der Waals surface area contributed by atoms with Crippen molar-refractivity contribution in [1.29, 1.82) is 0 Å². The van der Waals surface area contributed by atoms with Gasteiger partial charge in [-0.15, -0.1) is 0 Å². The summed E-state index contributed by atoms with van der Waals surface area (Å²) in [4.78, 5) is 17.5. The van der Waals surface area contributed by atoms with Crippen molar-refractivity contribution in [3.63, 3.8) is 0 Å². The first kappa shape index (κ1) is 14.4. The molecule has 0 aliphatic carbocycles. The van der Waals surface area contributed by atoms with Gasteiger partial charge in [0.05, 0.1) is 25.2 Å². The number of sulfonamides is 1. The van der Waals surface area contributed by atoms with E-state index in [-0.39, 0.29) is 23.7 Å². The molecule has 0 saturated carbocycles. The summed E-state index contributed by atoms with van der Waals surface area (Å²) in [6, 6.07) is 4.61. The lowest BCUT2D eigenvalue weighted by atomic mass is 10.3. The molecule has 2 aromatic heterocycles. The number of nitrogens with zero attached hydrogens (tertiary/aromatic N) is 2. The van der Waals surface area contributed by atoms with Crippen LogP contribution in [0.25, 0.3) is 0 Å². The van der Waals surface area contributed by atoms with Crippen LogP contribution in [0.1, 0.15) is 0 Å². The number of H-pyrrole nitrogens is 1. The van der Waals surface area contributed by atoms with Gasteiger partial charge < -0.3 is 14.7 Å². The van der Waals surface area contributed by atoms with E-state index in [0.29, 0.717) is 0 Å². The first-order chi connectivity index (χ1) is 9.49. The Morgan fingerprint density at radius 3 is 2.90 bits per heavy atom. The molecule has 0 aromatic carbocycles. The summed E-state index contributed by atoms with van der Waals surface area (Å²) >= 11 is 0. The van der Waals surface area contributed by atoms with Crippen LogP contribution in [0.15, 0.2) is 46.7 Å². The lowest BCUT2D eigenvalue weighted by molar-refractivity contribution is 0.156. The van der Waals surface area contributed by atoms with Crippen LogP contribution in [0, 0.1) is 0 Å². The maximum atomic E-state index is 11.8. The fourth-order valence-electron chi connectivity index (χ4n) is 1.58. The second-order valence-electron chi connectivity index (χ2n) is 4.11. The molecular formula is C11H14N4O4S. The van der Waals surface area contributed by atoms with Gasteiger partial charge in [-0.05, 0) is 6.07 Å². The fraction of sp³-hybridized carbons (Fsp3) is 0.273. The van der Waals surface area contributed by atoms with Crippen molar-refractivity contribution in [2.75, 3.05) is 6.54 Å². The zero-order chi connectivity index (χ0) is 14.6. The largest absolute Gasteiger partial charge is 0.390 e. The third-order valence-corrected chi connectivity index (χ3v) is 3.93. The molecule has 2 rings (SSSR count). The molecular weight excluding hydrogens is 284 g/mol. The molecule has 0 amide bonds. The number of imidazole rings is 1. The zero-order valence-corrected chi connectivity index (χ0v) is 11.2. The number of pyridine rings is 1. The van der Waals surface area contributed by atoms with Crippen molar-refractivity contribution in [2.24, 2.45) is 0 Å². The Labute approximate surface area is 115 Å². The summed E-state index contributed by atoms with van der Waals surface area (Å²) in [5.41, 5.74) is -0.261. The highest BCUT2D eigenvalue weighted by atomic mass is 32.2. The number of hydrogen-bond donors (Lipinski definition) is 3. The molecule has 3 N–H and O–H groups in total. The topological polar surface area (TPSA) is 117 Å². The van der Waals surface area contributed by atoms with Crippen LogP contribution < -0.4 is 10.3 Å². The molecule has 20 heavy (non-hydrogen) atoms. The molecule has 8 nitrogen and oxygen atoms in total. The summed E-state index contributed by atoms with van der Waals surface area (Å²) in [5, 5.41) is 9.69. The van der Waals surface area contributed by atoms with E-state index < -0.39 is 16.1 Å². The summed E-state index contributed by atoms with van der Waals surface area (Å²) in [6.07, 6.45) is 2.91. The molecule has 108 valence electrons. The molecule has 0 aliphatic heterocycles. The highest BCUT2D eigenvalue weighted by Crippen LogP contribution is 2.01. The van der Waals surface area contributed by atoms with Gasteiger partial charge >= 0.3 is 0 Å². The SMILES string of the molecule is O=c1ccccn1CC(O)CNS(=O)(=O)c1cnc[nH]1. The average Bonchev–Trinajstić information content (AvgIpc) is 2.94. The van der Waals surface area contributed by atoms with Gasteiger partial charge in [-0.1, -0.05) is 6.07 Å². The van der Waals surface area contributed by atoms with E-state index in [1.165, 1.54) is 23.2 Å². The van der Waals surface area contributed by atoms with Gasteiger partial charge in [0.2, 0.25) is 0 Å². The Kier molecular flexibility index (Phi) is 4.32. The number of rotatable bonds is 6. The van der Waals surface area contributed by atoms with Crippen LogP contribution in [0.4, 0.5) is 0 Å². The fourth-order valence-corrected chi connectivity index (χ4v) is 2.55. The molecule has 2 heterocycles. The number of aliphatic hydroxyl groups is 1. The summed E-state index contributed by atoms with van der Waals surface area (Å²) < 4.78 is 27.0. The van der Waals surface area contributed by atoms with Gasteiger partial charge in [0.15, 0.2) is 5.03 Å². The standard InChI is InChI=1S/C11H14N4O4S/c16-9(7-15-4-2-1-3-11(15)17)5-14-20(18,19)10-6-12-8-13-10/h1-4,6,8-9,14,16H,5,7H2,(H,12,13). The Hall–Kier alpha value is -1.97. The van der Waals surface area contributed by atoms with E-state index >= 15 is 0 Å². The lowest BCUT2D eigenvalue weighted by Crippen LogP contribution is -2.36. The first-order valence-electron chi connectivity index (χ1n) is 5.80. The Morgan fingerprint density at radius 1 is 1.45 bits per heavy atom. The van der Waals surface area contributed by atoms with Crippen LogP contribution in [-0.4, -0.2) is 40.7 Å². The highest BCUT2D eigenvalue weighted by molar-refractivity contribution is 7.89. The number of nitrogens with one attached hydrogen (secondary N) is 2. The van der Waals surface area contributed by atoms with Gasteiger partial charge in [0, 0.05) is 18.8 Å². The van der Waals surface area contributed by atoms with Gasteiger partial charge in [-0.3, -0.25) is 4.79 Å². The summed E-state index contributed by atoms with van der Waals surface area (Å²) in [6.45, 7) is -0.201. The van der Waals surface area contributed by atoms with Crippen molar-refractivity contribution < 1.29 is 13.5 Å². The maximum absolute atomic E-state index is 11.8. The summed E-state index contributed by atoms with van der Waals surface area (Å²) in [7, 11) is -3.73.